The van der Waals surface area contributed by atoms with Crippen LogP contribution in [0.3, 0.4) is 0 Å². The SMILES string of the molecule is S=P1([S-])Sc2c3n(c4ccccc24)[P+]([S-])([S-])Oc2c-3n1c1ccccc21. The maximum Gasteiger partial charge on any atom is 0.206 e. The third kappa shape index (κ3) is 1.94. The minimum absolute atomic E-state index is 0.759. The van der Waals surface area contributed by atoms with Crippen LogP contribution in [-0.2, 0) is 48.6 Å². The minimum atomic E-state index is -2.68. The van der Waals surface area contributed by atoms with Crippen LogP contribution in [0.5, 0.6) is 5.75 Å². The van der Waals surface area contributed by atoms with E-state index < -0.39 is 10.6 Å². The van der Waals surface area contributed by atoms with Gasteiger partial charge in [-0.2, -0.15) is 0 Å². The number of para-hydroxylation sites is 2. The summed E-state index contributed by atoms with van der Waals surface area (Å²) in [5.74, 6) is 0.759. The zero-order valence-corrected chi connectivity index (χ0v) is 18.7. The predicted molar refractivity (Wildman–Crippen MR) is 123 cm³/mol. The van der Waals surface area contributed by atoms with Gasteiger partial charge in [0.15, 0.2) is 0 Å². The summed E-state index contributed by atoms with van der Waals surface area (Å²) in [4.78, 5) is 1.11. The smallest absolute Gasteiger partial charge is 0.206 e. The van der Waals surface area contributed by atoms with Crippen LogP contribution in [0.25, 0.3) is 33.2 Å². The molecule has 2 aromatic heterocycles. The Morgan fingerprint density at radius 1 is 0.962 bits per heavy atom. The van der Waals surface area contributed by atoms with Gasteiger partial charge in [0.1, 0.15) is 11.4 Å². The van der Waals surface area contributed by atoms with Crippen molar-refractivity contribution in [2.75, 3.05) is 0 Å². The molecule has 0 amide bonds. The molecule has 0 fully saturated rings. The summed E-state index contributed by atoms with van der Waals surface area (Å²) >= 11 is 25.2. The van der Waals surface area contributed by atoms with Gasteiger partial charge in [0, 0.05) is 10.8 Å². The Labute approximate surface area is 175 Å². The van der Waals surface area contributed by atoms with Crippen molar-refractivity contribution >= 4 is 92.4 Å². The van der Waals surface area contributed by atoms with Crippen LogP contribution >= 0.6 is 22.0 Å². The maximum absolute atomic E-state index is 6.33. The van der Waals surface area contributed by atoms with Crippen molar-refractivity contribution < 1.29 is 4.52 Å². The molecule has 2 aliphatic heterocycles. The lowest BCUT2D eigenvalue weighted by Crippen LogP contribution is -2.15. The first kappa shape index (κ1) is 16.7. The second kappa shape index (κ2) is 5.24. The van der Waals surface area contributed by atoms with E-state index in [2.05, 4.69) is 26.9 Å². The van der Waals surface area contributed by atoms with Gasteiger partial charge in [-0.15, -0.1) is 0 Å². The first-order chi connectivity index (χ1) is 12.4. The molecule has 0 spiro atoms. The molecule has 0 saturated carbocycles. The van der Waals surface area contributed by atoms with Gasteiger partial charge in [-0.1, -0.05) is 53.5 Å². The third-order valence-corrected chi connectivity index (χ3v) is 13.3. The average Bonchev–Trinajstić information content (AvgIpc) is 3.09. The van der Waals surface area contributed by atoms with Crippen molar-refractivity contribution in [1.29, 1.82) is 0 Å². The van der Waals surface area contributed by atoms with E-state index in [4.69, 9.17) is 53.1 Å². The van der Waals surface area contributed by atoms with Crippen LogP contribution in [0, 0.1) is 0 Å². The molecule has 0 N–H and O–H groups in total. The van der Waals surface area contributed by atoms with Crippen molar-refractivity contribution in [2.45, 2.75) is 4.90 Å². The summed E-state index contributed by atoms with van der Waals surface area (Å²) in [5, 5.41) is 2.10. The van der Waals surface area contributed by atoms with Gasteiger partial charge >= 0.3 is 0 Å². The molecule has 1 unspecified atom stereocenters. The first-order valence-corrected chi connectivity index (χ1v) is 16.6. The molecule has 0 aliphatic carbocycles. The van der Waals surface area contributed by atoms with Crippen LogP contribution in [-0.4, -0.2) is 8.68 Å². The number of hydrogen-bond donors (Lipinski definition) is 0. The molecule has 1 atom stereocenters. The van der Waals surface area contributed by atoms with Crippen LogP contribution in [0.2, 0.25) is 0 Å². The molecule has 4 aromatic rings. The molecule has 2 aliphatic rings. The fourth-order valence-corrected chi connectivity index (χ4v) is 12.8. The standard InChI is InChI=1S/C16H10N2OP2S5/c22-20(23)17-12-8-4-2-6-10(12)16-14(17)13-15(19-20)9-5-1-3-7-11(9)18(13)21(24,25)26-16/h1-8H,(H,22,23)(H,24,25)/p-2. The van der Waals surface area contributed by atoms with E-state index in [9.17, 15) is 0 Å². The summed E-state index contributed by atoms with van der Waals surface area (Å²) in [6.07, 6.45) is 0. The van der Waals surface area contributed by atoms with Crippen molar-refractivity contribution in [3.63, 3.8) is 0 Å². The molecule has 2 aromatic carbocycles. The number of rotatable bonds is 0. The first-order valence-electron chi connectivity index (χ1n) is 7.70. The van der Waals surface area contributed by atoms with E-state index in [1.54, 1.807) is 11.4 Å². The molecule has 6 rings (SSSR count). The summed E-state index contributed by atoms with van der Waals surface area (Å²) in [7, 11) is 0. The Hall–Kier alpha value is -0.200. The highest BCUT2D eigenvalue weighted by atomic mass is 33.2. The van der Waals surface area contributed by atoms with Crippen molar-refractivity contribution in [3.05, 3.63) is 48.5 Å². The van der Waals surface area contributed by atoms with E-state index in [1.807, 2.05) is 30.3 Å². The van der Waals surface area contributed by atoms with Crippen LogP contribution in [0.15, 0.2) is 53.4 Å². The molecular weight excluding hydrogens is 458 g/mol. The van der Waals surface area contributed by atoms with Crippen molar-refractivity contribution in [1.82, 2.24) is 8.68 Å². The Balaban J connectivity index is 1.93. The highest BCUT2D eigenvalue weighted by molar-refractivity contribution is 8.92. The van der Waals surface area contributed by atoms with Crippen LogP contribution in [0.1, 0.15) is 0 Å². The van der Waals surface area contributed by atoms with E-state index >= 15 is 0 Å². The van der Waals surface area contributed by atoms with Gasteiger partial charge in [-0.05, 0) is 22.8 Å². The Morgan fingerprint density at radius 3 is 2.38 bits per heavy atom. The van der Waals surface area contributed by atoms with Gasteiger partial charge in [0.25, 0.3) is 0 Å². The fraction of sp³-hybridized carbons (Fsp3) is 0. The quantitative estimate of drug-likeness (QED) is 0.232. The third-order valence-electron chi connectivity index (χ3n) is 4.73. The monoisotopic (exact) mass is 466 g/mol. The number of nitrogens with zero attached hydrogens (tertiary/aromatic N) is 2. The number of aromatic nitrogens is 2. The minimum Gasteiger partial charge on any atom is -0.715 e. The normalized spacial score (nSPS) is 22.4. The van der Waals surface area contributed by atoms with E-state index in [0.717, 1.165) is 43.8 Å². The topological polar surface area (TPSA) is 19.1 Å². The zero-order valence-electron chi connectivity index (χ0n) is 12.9. The van der Waals surface area contributed by atoms with Gasteiger partial charge in [0.05, 0.1) is 22.0 Å². The molecular formula is C16H8N2OP2S5-2. The highest BCUT2D eigenvalue weighted by Gasteiger charge is 2.42. The number of fused-ring (bicyclic) bond motifs is 6. The number of benzene rings is 2. The summed E-state index contributed by atoms with van der Waals surface area (Å²) in [6, 6.07) is 13.6. The van der Waals surface area contributed by atoms with Gasteiger partial charge in [0.2, 0.25) is 5.75 Å². The molecule has 0 saturated heterocycles. The summed E-state index contributed by atoms with van der Waals surface area (Å²) in [5.41, 5.74) is 4.02. The van der Waals surface area contributed by atoms with Gasteiger partial charge in [-0.25, -0.2) is 4.34 Å². The second-order valence-corrected chi connectivity index (χ2v) is 20.6. The maximum atomic E-state index is 6.33. The second-order valence-electron chi connectivity index (χ2n) is 6.13. The molecule has 0 bridgehead atoms. The predicted octanol–water partition coefficient (Wildman–Crippen LogP) is 6.00. The van der Waals surface area contributed by atoms with Crippen LogP contribution in [0.4, 0.5) is 0 Å². The molecule has 0 radical (unpaired) electrons. The largest absolute Gasteiger partial charge is 0.715 e. The Morgan fingerprint density at radius 2 is 1.62 bits per heavy atom. The average molecular weight is 467 g/mol. The number of hydrogen-bond acceptors (Lipinski definition) is 6. The molecule has 4 heterocycles. The fourth-order valence-electron chi connectivity index (χ4n) is 3.81. The summed E-state index contributed by atoms with van der Waals surface area (Å²) in [6.45, 7) is 0. The van der Waals surface area contributed by atoms with Crippen molar-refractivity contribution in [3.8, 4) is 17.1 Å². The van der Waals surface area contributed by atoms with E-state index in [1.165, 1.54) is 0 Å². The summed E-state index contributed by atoms with van der Waals surface area (Å²) < 4.78 is 8.18. The van der Waals surface area contributed by atoms with Gasteiger partial charge in [-0.3, -0.25) is 0 Å². The lowest BCUT2D eigenvalue weighted by Gasteiger charge is -2.44. The van der Waals surface area contributed by atoms with Crippen molar-refractivity contribution in [2.24, 2.45) is 0 Å². The zero-order chi connectivity index (χ0) is 17.8. The van der Waals surface area contributed by atoms with Gasteiger partial charge < -0.3 is 45.6 Å². The highest BCUT2D eigenvalue weighted by Crippen LogP contribution is 2.77. The molecule has 3 nitrogen and oxygen atoms in total. The van der Waals surface area contributed by atoms with E-state index in [-0.39, 0.29) is 0 Å². The molecule has 10 heteroatoms. The molecule has 130 valence electrons. The lowest BCUT2D eigenvalue weighted by atomic mass is 10.2. The Kier molecular flexibility index (Phi) is 3.37. The van der Waals surface area contributed by atoms with Crippen LogP contribution < -0.4 is 4.52 Å². The lowest BCUT2D eigenvalue weighted by molar-refractivity contribution is 0.615. The van der Waals surface area contributed by atoms with E-state index in [0.29, 0.717) is 0 Å². The molecule has 26 heavy (non-hydrogen) atoms. The Bertz CT molecular complexity index is 1330.